The van der Waals surface area contributed by atoms with E-state index in [1.165, 1.54) is 4.40 Å². The van der Waals surface area contributed by atoms with Gasteiger partial charge in [0.1, 0.15) is 11.6 Å². The standard InChI is InChI=1S/C14H16N6O/c1-9-17-12(6-13-18-19-14(21)20(9)13)16-8-11-4-2-10(7-15)3-5-11/h2-6,16H,7-8,15H2,1H3,(H,19,21). The van der Waals surface area contributed by atoms with Crippen LogP contribution in [0.25, 0.3) is 5.65 Å². The fourth-order valence-corrected chi connectivity index (χ4v) is 2.17. The smallest absolute Gasteiger partial charge is 0.349 e. The number of aromatic amines is 1. The van der Waals surface area contributed by atoms with Crippen LogP contribution in [0.15, 0.2) is 35.1 Å². The molecule has 3 aromatic rings. The summed E-state index contributed by atoms with van der Waals surface area (Å²) in [5.74, 6) is 1.27. The molecule has 0 spiro atoms. The first-order valence-corrected chi connectivity index (χ1v) is 6.64. The van der Waals surface area contributed by atoms with E-state index in [1.54, 1.807) is 13.0 Å². The van der Waals surface area contributed by atoms with Gasteiger partial charge in [0.25, 0.3) is 0 Å². The minimum atomic E-state index is -0.279. The molecule has 0 saturated carbocycles. The zero-order valence-corrected chi connectivity index (χ0v) is 11.6. The molecule has 0 fully saturated rings. The molecule has 0 atom stereocenters. The van der Waals surface area contributed by atoms with Crippen molar-refractivity contribution >= 4 is 11.5 Å². The Bertz CT molecular complexity index is 818. The number of benzene rings is 1. The molecule has 0 aliphatic carbocycles. The second-order valence-electron chi connectivity index (χ2n) is 4.79. The highest BCUT2D eigenvalue weighted by atomic mass is 16.1. The first-order valence-electron chi connectivity index (χ1n) is 6.64. The molecular weight excluding hydrogens is 268 g/mol. The SMILES string of the molecule is Cc1nc(NCc2ccc(CN)cc2)cc2n[nH]c(=O)n12. The van der Waals surface area contributed by atoms with Crippen molar-refractivity contribution in [3.8, 4) is 0 Å². The van der Waals surface area contributed by atoms with Gasteiger partial charge >= 0.3 is 5.69 Å². The fraction of sp³-hybridized carbons (Fsp3) is 0.214. The Morgan fingerprint density at radius 3 is 2.71 bits per heavy atom. The highest BCUT2D eigenvalue weighted by Gasteiger charge is 2.06. The monoisotopic (exact) mass is 284 g/mol. The minimum absolute atomic E-state index is 0.279. The lowest BCUT2D eigenvalue weighted by molar-refractivity contribution is 0.931. The van der Waals surface area contributed by atoms with Crippen molar-refractivity contribution in [3.05, 3.63) is 57.8 Å². The van der Waals surface area contributed by atoms with Gasteiger partial charge in [-0.1, -0.05) is 24.3 Å². The Kier molecular flexibility index (Phi) is 3.41. The molecule has 0 radical (unpaired) electrons. The van der Waals surface area contributed by atoms with Crippen LogP contribution < -0.4 is 16.7 Å². The van der Waals surface area contributed by atoms with E-state index in [-0.39, 0.29) is 5.69 Å². The molecule has 108 valence electrons. The van der Waals surface area contributed by atoms with Crippen LogP contribution in [0.3, 0.4) is 0 Å². The average molecular weight is 284 g/mol. The Hall–Kier alpha value is -2.67. The van der Waals surface area contributed by atoms with Gasteiger partial charge in [0.2, 0.25) is 0 Å². The minimum Gasteiger partial charge on any atom is -0.366 e. The lowest BCUT2D eigenvalue weighted by Crippen LogP contribution is -2.14. The molecule has 0 bridgehead atoms. The number of nitrogens with zero attached hydrogens (tertiary/aromatic N) is 3. The maximum Gasteiger partial charge on any atom is 0.349 e. The van der Waals surface area contributed by atoms with Crippen LogP contribution in [0, 0.1) is 6.92 Å². The van der Waals surface area contributed by atoms with Gasteiger partial charge in [0.05, 0.1) is 0 Å². The van der Waals surface area contributed by atoms with Crippen molar-refractivity contribution in [1.29, 1.82) is 0 Å². The summed E-state index contributed by atoms with van der Waals surface area (Å²) in [5.41, 5.74) is 8.08. The number of anilines is 1. The zero-order valence-electron chi connectivity index (χ0n) is 11.6. The van der Waals surface area contributed by atoms with Gasteiger partial charge in [-0.2, -0.15) is 5.10 Å². The largest absolute Gasteiger partial charge is 0.366 e. The summed E-state index contributed by atoms with van der Waals surface area (Å²) in [7, 11) is 0. The average Bonchev–Trinajstić information content (AvgIpc) is 2.87. The number of H-pyrrole nitrogens is 1. The Morgan fingerprint density at radius 2 is 2.00 bits per heavy atom. The van der Waals surface area contributed by atoms with Crippen LogP contribution >= 0.6 is 0 Å². The number of hydrogen-bond donors (Lipinski definition) is 3. The number of nitrogens with one attached hydrogen (secondary N) is 2. The summed E-state index contributed by atoms with van der Waals surface area (Å²) in [6.07, 6.45) is 0. The van der Waals surface area contributed by atoms with Gasteiger partial charge in [-0.3, -0.25) is 0 Å². The van der Waals surface area contributed by atoms with Gasteiger partial charge in [-0.15, -0.1) is 0 Å². The van der Waals surface area contributed by atoms with Gasteiger partial charge < -0.3 is 11.1 Å². The van der Waals surface area contributed by atoms with Gasteiger partial charge in [0, 0.05) is 19.2 Å². The third kappa shape index (κ3) is 2.63. The number of fused-ring (bicyclic) bond motifs is 1. The molecule has 0 aliphatic rings. The van der Waals surface area contributed by atoms with Crippen molar-refractivity contribution in [3.63, 3.8) is 0 Å². The van der Waals surface area contributed by atoms with Crippen molar-refractivity contribution in [2.75, 3.05) is 5.32 Å². The van der Waals surface area contributed by atoms with E-state index in [1.807, 2.05) is 24.3 Å². The number of rotatable bonds is 4. The summed E-state index contributed by atoms with van der Waals surface area (Å²) in [4.78, 5) is 15.9. The number of aryl methyl sites for hydroxylation is 1. The molecule has 7 nitrogen and oxygen atoms in total. The third-order valence-electron chi connectivity index (χ3n) is 3.30. The Morgan fingerprint density at radius 1 is 1.29 bits per heavy atom. The first-order chi connectivity index (χ1) is 10.2. The summed E-state index contributed by atoms with van der Waals surface area (Å²) < 4.78 is 1.43. The maximum atomic E-state index is 11.5. The van der Waals surface area contributed by atoms with Crippen molar-refractivity contribution in [2.24, 2.45) is 5.73 Å². The molecule has 0 unspecified atom stereocenters. The van der Waals surface area contributed by atoms with E-state index in [0.29, 0.717) is 30.4 Å². The molecule has 1 aromatic carbocycles. The van der Waals surface area contributed by atoms with Gasteiger partial charge in [-0.25, -0.2) is 19.3 Å². The summed E-state index contributed by atoms with van der Waals surface area (Å²) in [6.45, 7) is 2.95. The Labute approximate surface area is 120 Å². The molecule has 2 aromatic heterocycles. The fourth-order valence-electron chi connectivity index (χ4n) is 2.17. The van der Waals surface area contributed by atoms with E-state index >= 15 is 0 Å². The molecule has 0 amide bonds. The van der Waals surface area contributed by atoms with Crippen molar-refractivity contribution in [2.45, 2.75) is 20.0 Å². The van der Waals surface area contributed by atoms with E-state index in [9.17, 15) is 4.79 Å². The molecule has 7 heteroatoms. The van der Waals surface area contributed by atoms with E-state index in [0.717, 1.165) is 11.1 Å². The van der Waals surface area contributed by atoms with Crippen molar-refractivity contribution in [1.82, 2.24) is 19.6 Å². The van der Waals surface area contributed by atoms with Crippen LogP contribution in [0.5, 0.6) is 0 Å². The summed E-state index contributed by atoms with van der Waals surface area (Å²) >= 11 is 0. The highest BCUT2D eigenvalue weighted by molar-refractivity contribution is 5.49. The predicted octanol–water partition coefficient (Wildman–Crippen LogP) is 0.797. The van der Waals surface area contributed by atoms with Crippen molar-refractivity contribution < 1.29 is 0 Å². The topological polar surface area (TPSA) is 101 Å². The number of nitrogens with two attached hydrogens (primary N) is 1. The molecule has 2 heterocycles. The van der Waals surface area contributed by atoms with E-state index in [4.69, 9.17) is 5.73 Å². The van der Waals surface area contributed by atoms with Crippen LogP contribution in [0.2, 0.25) is 0 Å². The van der Waals surface area contributed by atoms with Gasteiger partial charge in [0.15, 0.2) is 5.65 Å². The normalized spacial score (nSPS) is 11.0. The van der Waals surface area contributed by atoms with Crippen LogP contribution in [0.1, 0.15) is 17.0 Å². The lowest BCUT2D eigenvalue weighted by Gasteiger charge is -2.08. The molecule has 21 heavy (non-hydrogen) atoms. The second-order valence-corrected chi connectivity index (χ2v) is 4.79. The van der Waals surface area contributed by atoms with Crippen LogP contribution in [0.4, 0.5) is 5.82 Å². The molecule has 0 saturated heterocycles. The lowest BCUT2D eigenvalue weighted by atomic mass is 10.1. The van der Waals surface area contributed by atoms with E-state index < -0.39 is 0 Å². The molecule has 3 rings (SSSR count). The zero-order chi connectivity index (χ0) is 14.8. The van der Waals surface area contributed by atoms with Crippen LogP contribution in [-0.4, -0.2) is 19.6 Å². The predicted molar refractivity (Wildman–Crippen MR) is 80.0 cm³/mol. The summed E-state index contributed by atoms with van der Waals surface area (Å²) in [6, 6.07) is 9.80. The number of hydrogen-bond acceptors (Lipinski definition) is 5. The van der Waals surface area contributed by atoms with Crippen LogP contribution in [-0.2, 0) is 13.1 Å². The molecular formula is C14H16N6O. The van der Waals surface area contributed by atoms with Gasteiger partial charge in [-0.05, 0) is 18.1 Å². The number of aromatic nitrogens is 4. The summed E-state index contributed by atoms with van der Waals surface area (Å²) in [5, 5.41) is 9.59. The second kappa shape index (κ2) is 5.37. The highest BCUT2D eigenvalue weighted by Crippen LogP contribution is 2.10. The quantitative estimate of drug-likeness (QED) is 0.657. The maximum absolute atomic E-state index is 11.5. The Balaban J connectivity index is 1.79. The first kappa shape index (κ1) is 13.3. The molecule has 0 aliphatic heterocycles. The van der Waals surface area contributed by atoms with E-state index in [2.05, 4.69) is 20.5 Å². The molecule has 4 N–H and O–H groups in total. The third-order valence-corrected chi connectivity index (χ3v) is 3.30.